The fourth-order valence-corrected chi connectivity index (χ4v) is 1.61. The Morgan fingerprint density at radius 1 is 1.44 bits per heavy atom. The molecular formula is C14H21ClN2O. The van der Waals surface area contributed by atoms with Gasteiger partial charge in [-0.3, -0.25) is 4.79 Å². The normalized spacial score (nSPS) is 12.9. The van der Waals surface area contributed by atoms with Gasteiger partial charge in [0.2, 0.25) is 5.91 Å². The first-order chi connectivity index (χ1) is 8.34. The smallest absolute Gasteiger partial charge is 0.242 e. The standard InChI is InChI=1S/C14H21ClN2O/c1-5-14(3,4)17-13(18)10(2)16-12-8-6-7-11(15)9-12/h6-10,16H,5H2,1-4H3,(H,17,18). The van der Waals surface area contributed by atoms with Crippen molar-refractivity contribution in [3.05, 3.63) is 29.3 Å². The molecule has 1 aromatic carbocycles. The van der Waals surface area contributed by atoms with Gasteiger partial charge in [0.05, 0.1) is 0 Å². The summed E-state index contributed by atoms with van der Waals surface area (Å²) in [4.78, 5) is 12.0. The van der Waals surface area contributed by atoms with Crippen LogP contribution in [0.3, 0.4) is 0 Å². The van der Waals surface area contributed by atoms with Gasteiger partial charge < -0.3 is 10.6 Å². The van der Waals surface area contributed by atoms with Gasteiger partial charge in [-0.25, -0.2) is 0 Å². The molecule has 0 radical (unpaired) electrons. The van der Waals surface area contributed by atoms with Crippen LogP contribution in [0, 0.1) is 0 Å². The minimum Gasteiger partial charge on any atom is -0.374 e. The number of nitrogens with one attached hydrogen (secondary N) is 2. The summed E-state index contributed by atoms with van der Waals surface area (Å²) in [7, 11) is 0. The highest BCUT2D eigenvalue weighted by Gasteiger charge is 2.21. The molecule has 1 atom stereocenters. The maximum atomic E-state index is 12.0. The molecule has 0 aliphatic heterocycles. The number of halogens is 1. The van der Waals surface area contributed by atoms with Crippen LogP contribution in [-0.4, -0.2) is 17.5 Å². The lowest BCUT2D eigenvalue weighted by molar-refractivity contribution is -0.123. The summed E-state index contributed by atoms with van der Waals surface area (Å²) in [6, 6.07) is 7.05. The van der Waals surface area contributed by atoms with Crippen molar-refractivity contribution >= 4 is 23.2 Å². The molecule has 0 aliphatic carbocycles. The first kappa shape index (κ1) is 14.8. The molecule has 0 heterocycles. The Hall–Kier alpha value is -1.22. The van der Waals surface area contributed by atoms with Crippen LogP contribution in [0.25, 0.3) is 0 Å². The van der Waals surface area contributed by atoms with Crippen molar-refractivity contribution in [3.63, 3.8) is 0 Å². The molecule has 3 nitrogen and oxygen atoms in total. The van der Waals surface area contributed by atoms with E-state index in [4.69, 9.17) is 11.6 Å². The molecule has 0 aliphatic rings. The van der Waals surface area contributed by atoms with Gasteiger partial charge in [0, 0.05) is 16.2 Å². The van der Waals surface area contributed by atoms with Crippen molar-refractivity contribution in [2.75, 3.05) is 5.32 Å². The van der Waals surface area contributed by atoms with E-state index in [0.29, 0.717) is 5.02 Å². The lowest BCUT2D eigenvalue weighted by Gasteiger charge is -2.27. The van der Waals surface area contributed by atoms with Gasteiger partial charge in [-0.15, -0.1) is 0 Å². The lowest BCUT2D eigenvalue weighted by Crippen LogP contribution is -2.48. The zero-order valence-corrected chi connectivity index (χ0v) is 12.1. The molecule has 0 aromatic heterocycles. The zero-order valence-electron chi connectivity index (χ0n) is 11.4. The second-order valence-corrected chi connectivity index (χ2v) is 5.54. The highest BCUT2D eigenvalue weighted by Crippen LogP contribution is 2.16. The van der Waals surface area contributed by atoms with Gasteiger partial charge in [-0.05, 0) is 45.4 Å². The molecule has 0 spiro atoms. The Bertz CT molecular complexity index is 418. The number of hydrogen-bond acceptors (Lipinski definition) is 2. The Kier molecular flexibility index (Phi) is 5.03. The molecule has 0 saturated heterocycles. The third kappa shape index (κ3) is 4.57. The minimum atomic E-state index is -0.297. The van der Waals surface area contributed by atoms with Gasteiger partial charge in [0.1, 0.15) is 6.04 Å². The molecular weight excluding hydrogens is 248 g/mol. The van der Waals surface area contributed by atoms with E-state index in [-0.39, 0.29) is 17.5 Å². The van der Waals surface area contributed by atoms with Crippen molar-refractivity contribution in [2.45, 2.75) is 45.7 Å². The molecule has 18 heavy (non-hydrogen) atoms. The summed E-state index contributed by atoms with van der Waals surface area (Å²) in [6.45, 7) is 7.91. The van der Waals surface area contributed by atoms with Gasteiger partial charge in [-0.1, -0.05) is 24.6 Å². The second-order valence-electron chi connectivity index (χ2n) is 5.10. The number of hydrogen-bond donors (Lipinski definition) is 2. The van der Waals surface area contributed by atoms with E-state index in [1.807, 2.05) is 32.9 Å². The lowest BCUT2D eigenvalue weighted by atomic mass is 10.0. The number of carbonyl (C=O) groups excluding carboxylic acids is 1. The van der Waals surface area contributed by atoms with Crippen molar-refractivity contribution < 1.29 is 4.79 Å². The van der Waals surface area contributed by atoms with Gasteiger partial charge in [-0.2, -0.15) is 0 Å². The van der Waals surface area contributed by atoms with Crippen molar-refractivity contribution in [1.29, 1.82) is 0 Å². The van der Waals surface area contributed by atoms with Crippen molar-refractivity contribution in [2.24, 2.45) is 0 Å². The molecule has 1 rings (SSSR count). The van der Waals surface area contributed by atoms with E-state index in [1.165, 1.54) is 0 Å². The van der Waals surface area contributed by atoms with Crippen LogP contribution in [0.2, 0.25) is 5.02 Å². The monoisotopic (exact) mass is 268 g/mol. The third-order valence-corrected chi connectivity index (χ3v) is 3.18. The van der Waals surface area contributed by atoms with Crippen LogP contribution >= 0.6 is 11.6 Å². The van der Waals surface area contributed by atoms with Crippen LogP contribution in [0.4, 0.5) is 5.69 Å². The van der Waals surface area contributed by atoms with E-state index in [0.717, 1.165) is 12.1 Å². The maximum absolute atomic E-state index is 12.0. The number of anilines is 1. The molecule has 1 aromatic rings. The second kappa shape index (κ2) is 6.10. The van der Waals surface area contributed by atoms with E-state index >= 15 is 0 Å². The average molecular weight is 269 g/mol. The highest BCUT2D eigenvalue weighted by atomic mass is 35.5. The SMILES string of the molecule is CCC(C)(C)NC(=O)C(C)Nc1cccc(Cl)c1. The van der Waals surface area contributed by atoms with Gasteiger partial charge >= 0.3 is 0 Å². The molecule has 0 bridgehead atoms. The summed E-state index contributed by atoms with van der Waals surface area (Å²) < 4.78 is 0. The quantitative estimate of drug-likeness (QED) is 0.859. The predicted octanol–water partition coefficient (Wildman–Crippen LogP) is 3.45. The molecule has 2 N–H and O–H groups in total. The highest BCUT2D eigenvalue weighted by molar-refractivity contribution is 6.30. The molecule has 4 heteroatoms. The number of carbonyl (C=O) groups is 1. The number of benzene rings is 1. The van der Waals surface area contributed by atoms with Crippen LogP contribution in [0.1, 0.15) is 34.1 Å². The number of amides is 1. The van der Waals surface area contributed by atoms with Gasteiger partial charge in [0.25, 0.3) is 0 Å². The van der Waals surface area contributed by atoms with E-state index < -0.39 is 0 Å². The third-order valence-electron chi connectivity index (χ3n) is 2.95. The van der Waals surface area contributed by atoms with Crippen LogP contribution in [0.5, 0.6) is 0 Å². The Balaban J connectivity index is 2.60. The first-order valence-electron chi connectivity index (χ1n) is 6.18. The molecule has 1 amide bonds. The fraction of sp³-hybridized carbons (Fsp3) is 0.500. The largest absolute Gasteiger partial charge is 0.374 e. The van der Waals surface area contributed by atoms with E-state index in [2.05, 4.69) is 17.6 Å². The fourth-order valence-electron chi connectivity index (χ4n) is 1.42. The summed E-state index contributed by atoms with van der Waals surface area (Å²) in [5, 5.41) is 6.79. The molecule has 100 valence electrons. The maximum Gasteiger partial charge on any atom is 0.242 e. The molecule has 0 fully saturated rings. The molecule has 0 saturated carbocycles. The van der Waals surface area contributed by atoms with Crippen molar-refractivity contribution in [3.8, 4) is 0 Å². The minimum absolute atomic E-state index is 0.0122. The zero-order chi connectivity index (χ0) is 13.8. The summed E-state index contributed by atoms with van der Waals surface area (Å²) in [6.07, 6.45) is 0.891. The Labute approximate surface area is 114 Å². The Morgan fingerprint density at radius 2 is 2.11 bits per heavy atom. The first-order valence-corrected chi connectivity index (χ1v) is 6.56. The van der Waals surface area contributed by atoms with E-state index in [9.17, 15) is 4.79 Å². The van der Waals surface area contributed by atoms with Crippen LogP contribution in [0.15, 0.2) is 24.3 Å². The van der Waals surface area contributed by atoms with Gasteiger partial charge in [0.15, 0.2) is 0 Å². The molecule has 1 unspecified atom stereocenters. The summed E-state index contributed by atoms with van der Waals surface area (Å²) in [5.41, 5.74) is 0.668. The summed E-state index contributed by atoms with van der Waals surface area (Å²) >= 11 is 5.90. The van der Waals surface area contributed by atoms with Crippen LogP contribution < -0.4 is 10.6 Å². The van der Waals surface area contributed by atoms with E-state index in [1.54, 1.807) is 12.1 Å². The van der Waals surface area contributed by atoms with Crippen molar-refractivity contribution in [1.82, 2.24) is 5.32 Å². The topological polar surface area (TPSA) is 41.1 Å². The summed E-state index contributed by atoms with van der Waals surface area (Å²) in [5.74, 6) is -0.0122. The Morgan fingerprint density at radius 3 is 2.67 bits per heavy atom. The predicted molar refractivity (Wildman–Crippen MR) is 77.0 cm³/mol. The average Bonchev–Trinajstić information content (AvgIpc) is 2.28. The van der Waals surface area contributed by atoms with Crippen LogP contribution in [-0.2, 0) is 4.79 Å². The number of rotatable bonds is 5.